The molecule has 1 aliphatic rings. The van der Waals surface area contributed by atoms with Crippen LogP contribution in [0, 0.1) is 13.8 Å². The molecule has 0 amide bonds. The molecule has 1 heterocycles. The topological polar surface area (TPSA) is 40.6 Å². The highest BCUT2D eigenvalue weighted by Crippen LogP contribution is 2.30. The summed E-state index contributed by atoms with van der Waals surface area (Å²) in [6.45, 7) is 4.76. The molecule has 0 aromatic heterocycles. The van der Waals surface area contributed by atoms with Crippen molar-refractivity contribution in [1.82, 2.24) is 8.61 Å². The third kappa shape index (κ3) is 4.56. The van der Waals surface area contributed by atoms with Gasteiger partial charge in [0.25, 0.3) is 10.2 Å². The highest BCUT2D eigenvalue weighted by Gasteiger charge is 2.35. The van der Waals surface area contributed by atoms with Crippen LogP contribution in [0.25, 0.3) is 0 Å². The number of nitrogens with zero attached hydrogens (tertiary/aromatic N) is 2. The number of halogens is 3. The summed E-state index contributed by atoms with van der Waals surface area (Å²) in [7, 11) is -3.75. The third-order valence-electron chi connectivity index (χ3n) is 4.93. The van der Waals surface area contributed by atoms with Crippen molar-refractivity contribution in [2.45, 2.75) is 39.5 Å². The standard InChI is InChI=1S/C20H23F3N2O2S/c1-15-7-8-16(2)18(11-15)14-25-10-4-9-24(28(25,26)27)13-17-5-3-6-19(12-17)20(21,22)23/h3,5-8,11-12H,4,9-10,13-14H2,1-2H3. The van der Waals surface area contributed by atoms with Crippen molar-refractivity contribution in [3.63, 3.8) is 0 Å². The van der Waals surface area contributed by atoms with Gasteiger partial charge in [-0.05, 0) is 43.0 Å². The van der Waals surface area contributed by atoms with E-state index >= 15 is 0 Å². The minimum absolute atomic E-state index is 0.0739. The molecule has 1 fully saturated rings. The van der Waals surface area contributed by atoms with Crippen molar-refractivity contribution in [2.24, 2.45) is 0 Å². The molecular weight excluding hydrogens is 389 g/mol. The lowest BCUT2D eigenvalue weighted by molar-refractivity contribution is -0.137. The van der Waals surface area contributed by atoms with Crippen LogP contribution < -0.4 is 0 Å². The van der Waals surface area contributed by atoms with E-state index in [1.807, 2.05) is 32.0 Å². The largest absolute Gasteiger partial charge is 0.416 e. The van der Waals surface area contributed by atoms with Crippen molar-refractivity contribution >= 4 is 10.2 Å². The molecule has 8 heteroatoms. The molecule has 28 heavy (non-hydrogen) atoms. The van der Waals surface area contributed by atoms with Crippen molar-refractivity contribution in [2.75, 3.05) is 13.1 Å². The number of rotatable bonds is 4. The van der Waals surface area contributed by atoms with Gasteiger partial charge < -0.3 is 0 Å². The molecule has 0 atom stereocenters. The van der Waals surface area contributed by atoms with Gasteiger partial charge >= 0.3 is 6.18 Å². The Balaban J connectivity index is 1.81. The zero-order chi connectivity index (χ0) is 20.5. The molecule has 4 nitrogen and oxygen atoms in total. The lowest BCUT2D eigenvalue weighted by Crippen LogP contribution is -2.48. The maximum atomic E-state index is 13.0. The van der Waals surface area contributed by atoms with E-state index in [9.17, 15) is 21.6 Å². The lowest BCUT2D eigenvalue weighted by Gasteiger charge is -2.35. The Hall–Kier alpha value is -1.90. The Labute approximate surface area is 163 Å². The second kappa shape index (κ2) is 7.85. The van der Waals surface area contributed by atoms with Gasteiger partial charge in [-0.1, -0.05) is 42.0 Å². The van der Waals surface area contributed by atoms with Crippen LogP contribution in [0.5, 0.6) is 0 Å². The van der Waals surface area contributed by atoms with E-state index in [2.05, 4.69) is 0 Å². The molecule has 3 rings (SSSR count). The van der Waals surface area contributed by atoms with Crippen LogP contribution in [-0.2, 0) is 29.5 Å². The van der Waals surface area contributed by atoms with E-state index in [1.165, 1.54) is 20.7 Å². The Kier molecular flexibility index (Phi) is 5.84. The van der Waals surface area contributed by atoms with Gasteiger partial charge in [0, 0.05) is 26.2 Å². The van der Waals surface area contributed by atoms with Crippen LogP contribution in [0.15, 0.2) is 42.5 Å². The molecule has 0 unspecified atom stereocenters. The Morgan fingerprint density at radius 1 is 0.964 bits per heavy atom. The first kappa shape index (κ1) is 20.8. The zero-order valence-corrected chi connectivity index (χ0v) is 16.6. The maximum absolute atomic E-state index is 13.0. The number of hydrogen-bond donors (Lipinski definition) is 0. The summed E-state index contributed by atoms with van der Waals surface area (Å²) in [4.78, 5) is 0. The third-order valence-corrected chi connectivity index (χ3v) is 6.86. The molecule has 2 aromatic rings. The fourth-order valence-electron chi connectivity index (χ4n) is 3.35. The SMILES string of the molecule is Cc1ccc(C)c(CN2CCCN(Cc3cccc(C(F)(F)F)c3)S2(=O)=O)c1. The van der Waals surface area contributed by atoms with Crippen LogP contribution in [0.3, 0.4) is 0 Å². The van der Waals surface area contributed by atoms with Crippen LogP contribution in [0.2, 0.25) is 0 Å². The van der Waals surface area contributed by atoms with Gasteiger partial charge in [0.05, 0.1) is 5.56 Å². The van der Waals surface area contributed by atoms with E-state index in [-0.39, 0.29) is 13.1 Å². The minimum atomic E-state index is -4.45. The average Bonchev–Trinajstić information content (AvgIpc) is 2.61. The number of hydrogen-bond acceptors (Lipinski definition) is 2. The van der Waals surface area contributed by atoms with Gasteiger partial charge in [0.2, 0.25) is 0 Å². The summed E-state index contributed by atoms with van der Waals surface area (Å²) in [5.41, 5.74) is 2.55. The van der Waals surface area contributed by atoms with E-state index in [0.717, 1.165) is 28.8 Å². The lowest BCUT2D eigenvalue weighted by atomic mass is 10.1. The second-order valence-electron chi connectivity index (χ2n) is 7.16. The first-order chi connectivity index (χ1) is 13.1. The molecular formula is C20H23F3N2O2S. The fraction of sp³-hybridized carbons (Fsp3) is 0.400. The molecule has 2 aromatic carbocycles. The molecule has 0 saturated carbocycles. The van der Waals surface area contributed by atoms with Crippen LogP contribution >= 0.6 is 0 Å². The monoisotopic (exact) mass is 412 g/mol. The van der Waals surface area contributed by atoms with Crippen LogP contribution in [0.1, 0.15) is 34.2 Å². The molecule has 0 radical (unpaired) electrons. The maximum Gasteiger partial charge on any atom is 0.416 e. The summed E-state index contributed by atoms with van der Waals surface area (Å²) >= 11 is 0. The molecule has 0 bridgehead atoms. The summed E-state index contributed by atoms with van der Waals surface area (Å²) in [6.07, 6.45) is -3.82. The van der Waals surface area contributed by atoms with Crippen LogP contribution in [-0.4, -0.2) is 30.1 Å². The van der Waals surface area contributed by atoms with Crippen LogP contribution in [0.4, 0.5) is 13.2 Å². The Morgan fingerprint density at radius 2 is 1.64 bits per heavy atom. The smallest absolute Gasteiger partial charge is 0.195 e. The molecule has 1 saturated heterocycles. The summed E-state index contributed by atoms with van der Waals surface area (Å²) in [5, 5.41) is 0. The normalized spacial score (nSPS) is 18.3. The van der Waals surface area contributed by atoms with E-state index < -0.39 is 21.9 Å². The second-order valence-corrected chi connectivity index (χ2v) is 9.08. The summed E-state index contributed by atoms with van der Waals surface area (Å²) < 4.78 is 67.5. The molecule has 1 aliphatic heterocycles. The van der Waals surface area contributed by atoms with Gasteiger partial charge in [0.15, 0.2) is 0 Å². The number of alkyl halides is 3. The van der Waals surface area contributed by atoms with E-state index in [0.29, 0.717) is 25.1 Å². The summed E-state index contributed by atoms with van der Waals surface area (Å²) in [6, 6.07) is 10.7. The predicted octanol–water partition coefficient (Wildman–Crippen LogP) is 4.27. The van der Waals surface area contributed by atoms with Gasteiger partial charge in [-0.25, -0.2) is 0 Å². The zero-order valence-electron chi connectivity index (χ0n) is 15.8. The predicted molar refractivity (Wildman–Crippen MR) is 102 cm³/mol. The average molecular weight is 412 g/mol. The number of benzene rings is 2. The quantitative estimate of drug-likeness (QED) is 0.752. The Morgan fingerprint density at radius 3 is 2.32 bits per heavy atom. The van der Waals surface area contributed by atoms with E-state index in [4.69, 9.17) is 0 Å². The first-order valence-corrected chi connectivity index (χ1v) is 10.4. The van der Waals surface area contributed by atoms with Crippen molar-refractivity contribution < 1.29 is 21.6 Å². The van der Waals surface area contributed by atoms with E-state index in [1.54, 1.807) is 0 Å². The van der Waals surface area contributed by atoms with Gasteiger partial charge in [0.1, 0.15) is 0 Å². The molecule has 0 N–H and O–H groups in total. The molecule has 0 aliphatic carbocycles. The van der Waals surface area contributed by atoms with Crippen molar-refractivity contribution in [3.8, 4) is 0 Å². The van der Waals surface area contributed by atoms with Gasteiger partial charge in [-0.3, -0.25) is 0 Å². The van der Waals surface area contributed by atoms with Gasteiger partial charge in [-0.2, -0.15) is 30.2 Å². The molecule has 152 valence electrons. The van der Waals surface area contributed by atoms with Crippen molar-refractivity contribution in [1.29, 1.82) is 0 Å². The first-order valence-electron chi connectivity index (χ1n) is 9.05. The molecule has 0 spiro atoms. The fourth-order valence-corrected chi connectivity index (χ4v) is 5.01. The Bertz CT molecular complexity index is 958. The van der Waals surface area contributed by atoms with Crippen molar-refractivity contribution in [3.05, 3.63) is 70.3 Å². The number of aryl methyl sites for hydroxylation is 2. The highest BCUT2D eigenvalue weighted by molar-refractivity contribution is 7.86. The summed E-state index contributed by atoms with van der Waals surface area (Å²) in [5.74, 6) is 0. The minimum Gasteiger partial charge on any atom is -0.195 e. The highest BCUT2D eigenvalue weighted by atomic mass is 32.2. The van der Waals surface area contributed by atoms with Gasteiger partial charge in [-0.15, -0.1) is 0 Å².